The highest BCUT2D eigenvalue weighted by Gasteiger charge is 2.28. The Hall–Kier alpha value is -2.24. The van der Waals surface area contributed by atoms with Crippen molar-refractivity contribution in [3.63, 3.8) is 0 Å². The molecule has 0 heterocycles. The summed E-state index contributed by atoms with van der Waals surface area (Å²) < 4.78 is 0. The van der Waals surface area contributed by atoms with E-state index in [1.165, 1.54) is 0 Å². The van der Waals surface area contributed by atoms with Crippen molar-refractivity contribution in [2.75, 3.05) is 13.2 Å². The van der Waals surface area contributed by atoms with Crippen molar-refractivity contribution < 1.29 is 24.8 Å². The van der Waals surface area contributed by atoms with Gasteiger partial charge in [0.1, 0.15) is 6.61 Å². The number of nitrogens with two attached hydrogens (primary N) is 1. The fourth-order valence-corrected chi connectivity index (χ4v) is 0.951. The summed E-state index contributed by atoms with van der Waals surface area (Å²) in [6.07, 6.45) is -2.38. The first kappa shape index (κ1) is 14.8. The van der Waals surface area contributed by atoms with Crippen LogP contribution in [-0.4, -0.2) is 34.5 Å². The number of hydrogen-bond acceptors (Lipinski definition) is 9. The van der Waals surface area contributed by atoms with Gasteiger partial charge < -0.3 is 10.6 Å². The van der Waals surface area contributed by atoms with Gasteiger partial charge in [0, 0.05) is 12.3 Å². The molecule has 0 saturated carbocycles. The Bertz CT molecular complexity index is 296. The molecule has 2 unspecified atom stereocenters. The van der Waals surface area contributed by atoms with Gasteiger partial charge in [0.25, 0.3) is 5.09 Å². The van der Waals surface area contributed by atoms with Gasteiger partial charge in [-0.25, -0.2) is 4.84 Å². The third-order valence-electron chi connectivity index (χ3n) is 1.73. The molecular formula is C5H10N4O8. The normalized spacial score (nSPS) is 13.5. The van der Waals surface area contributed by atoms with Gasteiger partial charge >= 0.3 is 11.3 Å². The van der Waals surface area contributed by atoms with Gasteiger partial charge in [0.2, 0.25) is 0 Å². The van der Waals surface area contributed by atoms with Crippen LogP contribution in [0, 0.1) is 36.3 Å². The highest BCUT2D eigenvalue weighted by molar-refractivity contribution is 4.60. The van der Waals surface area contributed by atoms with Gasteiger partial charge in [-0.05, 0) is 6.54 Å². The van der Waals surface area contributed by atoms with Gasteiger partial charge in [-0.15, -0.1) is 20.2 Å². The molecule has 0 aliphatic heterocycles. The minimum absolute atomic E-state index is 0.167. The number of rotatable bonds is 9. The predicted molar refractivity (Wildman–Crippen MR) is 49.0 cm³/mol. The first-order chi connectivity index (χ1) is 7.86. The molecule has 0 aromatic heterocycles. The topological polar surface area (TPSA) is 174 Å². The Kier molecular flexibility index (Phi) is 6.17. The fourth-order valence-electron chi connectivity index (χ4n) is 0.951. The van der Waals surface area contributed by atoms with Crippen LogP contribution >= 0.6 is 0 Å². The summed E-state index contributed by atoms with van der Waals surface area (Å²) in [5, 5.41) is 27.8. The third-order valence-corrected chi connectivity index (χ3v) is 1.73. The predicted octanol–water partition coefficient (Wildman–Crippen LogP) is -1.03. The molecule has 12 heteroatoms. The summed E-state index contributed by atoms with van der Waals surface area (Å²) in [5.41, 5.74) is 5.19. The van der Waals surface area contributed by atoms with E-state index in [0.717, 1.165) is 0 Å². The van der Waals surface area contributed by atoms with E-state index in [1.54, 1.807) is 0 Å². The molecule has 0 bridgehead atoms. The smallest absolute Gasteiger partial charge is 0.330 e. The van der Waals surface area contributed by atoms with Crippen molar-refractivity contribution in [3.05, 3.63) is 30.3 Å². The van der Waals surface area contributed by atoms with E-state index < -0.39 is 40.3 Å². The molecule has 0 rings (SSSR count). The maximum Gasteiger partial charge on any atom is 0.355 e. The molecule has 0 aromatic rings. The van der Waals surface area contributed by atoms with Crippen LogP contribution in [0.25, 0.3) is 0 Å². The second-order valence-corrected chi connectivity index (χ2v) is 2.93. The molecular weight excluding hydrogens is 244 g/mol. The summed E-state index contributed by atoms with van der Waals surface area (Å²) >= 11 is 0. The molecule has 98 valence electrons. The molecule has 2 atom stereocenters. The minimum atomic E-state index is -1.92. The highest BCUT2D eigenvalue weighted by atomic mass is 17.0. The zero-order valence-electron chi connectivity index (χ0n) is 8.46. The van der Waals surface area contributed by atoms with Crippen molar-refractivity contribution in [2.45, 2.75) is 12.6 Å². The average molecular weight is 254 g/mol. The van der Waals surface area contributed by atoms with Crippen LogP contribution in [0.3, 0.4) is 0 Å². The zero-order valence-corrected chi connectivity index (χ0v) is 8.46. The summed E-state index contributed by atoms with van der Waals surface area (Å²) in [6, 6.07) is 0. The van der Waals surface area contributed by atoms with Crippen molar-refractivity contribution >= 4 is 0 Å². The quantitative estimate of drug-likeness (QED) is 0.306. The van der Waals surface area contributed by atoms with E-state index in [0.29, 0.717) is 0 Å². The average Bonchev–Trinajstić information content (AvgIpc) is 2.21. The van der Waals surface area contributed by atoms with Crippen molar-refractivity contribution in [2.24, 2.45) is 11.7 Å². The SMILES string of the molecule is NCC(CO[N+](=O)[O-])CC(O[N+](=O)[O-])[N+](=O)[O-]. The van der Waals surface area contributed by atoms with Crippen LogP contribution < -0.4 is 5.73 Å². The third kappa shape index (κ3) is 6.77. The largest absolute Gasteiger partial charge is 0.355 e. The maximum atomic E-state index is 10.4. The lowest BCUT2D eigenvalue weighted by Crippen LogP contribution is -2.33. The van der Waals surface area contributed by atoms with Gasteiger partial charge in [-0.2, -0.15) is 0 Å². The van der Waals surface area contributed by atoms with Crippen LogP contribution in [0.15, 0.2) is 0 Å². The van der Waals surface area contributed by atoms with Crippen LogP contribution in [0.5, 0.6) is 0 Å². The lowest BCUT2D eigenvalue weighted by molar-refractivity contribution is -0.826. The molecule has 12 nitrogen and oxygen atoms in total. The van der Waals surface area contributed by atoms with E-state index >= 15 is 0 Å². The highest BCUT2D eigenvalue weighted by Crippen LogP contribution is 2.10. The van der Waals surface area contributed by atoms with Crippen LogP contribution in [0.2, 0.25) is 0 Å². The van der Waals surface area contributed by atoms with Gasteiger partial charge in [-0.1, -0.05) is 0 Å². The van der Waals surface area contributed by atoms with E-state index in [2.05, 4.69) is 9.68 Å². The summed E-state index contributed by atoms with van der Waals surface area (Å²) in [4.78, 5) is 37.0. The van der Waals surface area contributed by atoms with Gasteiger partial charge in [0.15, 0.2) is 0 Å². The van der Waals surface area contributed by atoms with Crippen molar-refractivity contribution in [1.82, 2.24) is 0 Å². The summed E-state index contributed by atoms with van der Waals surface area (Å²) in [7, 11) is 0. The van der Waals surface area contributed by atoms with E-state index in [1.807, 2.05) is 0 Å². The molecule has 0 amide bonds. The second-order valence-electron chi connectivity index (χ2n) is 2.93. The molecule has 0 radical (unpaired) electrons. The Morgan fingerprint density at radius 1 is 1.12 bits per heavy atom. The monoisotopic (exact) mass is 254 g/mol. The lowest BCUT2D eigenvalue weighted by Gasteiger charge is -2.14. The standard InChI is InChI=1S/C5H10N4O8/c6-2-4(3-16-8(12)13)1-5(7(10)11)17-9(14)15/h4-5H,1-3,6H2. The van der Waals surface area contributed by atoms with Crippen LogP contribution in [0.4, 0.5) is 0 Å². The van der Waals surface area contributed by atoms with Crippen LogP contribution in [0.1, 0.15) is 6.42 Å². The minimum Gasteiger partial charge on any atom is -0.330 e. The van der Waals surface area contributed by atoms with Gasteiger partial charge in [0.05, 0.1) is 4.92 Å². The second kappa shape index (κ2) is 7.10. The van der Waals surface area contributed by atoms with Crippen LogP contribution in [-0.2, 0) is 9.68 Å². The lowest BCUT2D eigenvalue weighted by atomic mass is 10.1. The molecule has 0 aliphatic carbocycles. The zero-order chi connectivity index (χ0) is 13.4. The molecule has 0 spiro atoms. The van der Waals surface area contributed by atoms with E-state index in [4.69, 9.17) is 5.73 Å². The molecule has 17 heavy (non-hydrogen) atoms. The van der Waals surface area contributed by atoms with Gasteiger partial charge in [-0.3, -0.25) is 10.1 Å². The number of hydrogen-bond donors (Lipinski definition) is 1. The Morgan fingerprint density at radius 3 is 2.06 bits per heavy atom. The number of nitrogens with zero attached hydrogens (tertiary/aromatic N) is 3. The molecule has 0 saturated heterocycles. The Balaban J connectivity index is 4.32. The summed E-state index contributed by atoms with van der Waals surface area (Å²) in [5.74, 6) is -0.796. The summed E-state index contributed by atoms with van der Waals surface area (Å²) in [6.45, 7) is -0.659. The number of nitro groups is 1. The first-order valence-electron chi connectivity index (χ1n) is 4.28. The maximum absolute atomic E-state index is 10.4. The molecule has 0 fully saturated rings. The molecule has 2 N–H and O–H groups in total. The first-order valence-corrected chi connectivity index (χ1v) is 4.28. The Labute approximate surface area is 93.6 Å². The van der Waals surface area contributed by atoms with E-state index in [9.17, 15) is 30.3 Å². The molecule has 0 aromatic carbocycles. The van der Waals surface area contributed by atoms with Crippen molar-refractivity contribution in [3.8, 4) is 0 Å². The molecule has 0 aliphatic rings. The fraction of sp³-hybridized carbons (Fsp3) is 1.00. The van der Waals surface area contributed by atoms with Crippen molar-refractivity contribution in [1.29, 1.82) is 0 Å². The van der Waals surface area contributed by atoms with E-state index in [-0.39, 0.29) is 6.54 Å². The Morgan fingerprint density at radius 2 is 1.71 bits per heavy atom.